The maximum atomic E-state index is 12.3. The van der Waals surface area contributed by atoms with Crippen LogP contribution in [0.2, 0.25) is 0 Å². The van der Waals surface area contributed by atoms with Crippen molar-refractivity contribution < 1.29 is 19.2 Å². The zero-order chi connectivity index (χ0) is 19.1. The van der Waals surface area contributed by atoms with Crippen LogP contribution in [-0.2, 0) is 9.59 Å². The molecule has 2 amide bonds. The minimum atomic E-state index is -0.954. The Kier molecular flexibility index (Phi) is 6.26. The molecule has 1 atom stereocenters. The second kappa shape index (κ2) is 8.61. The van der Waals surface area contributed by atoms with Gasteiger partial charge in [0.25, 0.3) is 5.91 Å². The van der Waals surface area contributed by atoms with Gasteiger partial charge in [0.15, 0.2) is 11.9 Å². The van der Waals surface area contributed by atoms with Crippen LogP contribution in [0.15, 0.2) is 48.5 Å². The number of rotatable bonds is 7. The summed E-state index contributed by atoms with van der Waals surface area (Å²) in [6.07, 6.45) is -0.609. The number of nitrogens with zero attached hydrogens (tertiary/aromatic N) is 1. The van der Waals surface area contributed by atoms with Gasteiger partial charge in [-0.1, -0.05) is 25.1 Å². The summed E-state index contributed by atoms with van der Waals surface area (Å²) in [6, 6.07) is 12.5. The van der Waals surface area contributed by atoms with Crippen LogP contribution >= 0.6 is 0 Å². The molecule has 8 nitrogen and oxygen atoms in total. The summed E-state index contributed by atoms with van der Waals surface area (Å²) in [6.45, 7) is 3.23. The number of carbonyl (C=O) groups is 2. The lowest BCUT2D eigenvalue weighted by molar-refractivity contribution is -0.386. The lowest BCUT2D eigenvalue weighted by Gasteiger charge is -2.15. The molecule has 2 aromatic rings. The van der Waals surface area contributed by atoms with E-state index in [1.165, 1.54) is 25.1 Å². The van der Waals surface area contributed by atoms with Gasteiger partial charge in [-0.3, -0.25) is 19.7 Å². The normalized spacial score (nSPS) is 11.3. The predicted octanol–water partition coefficient (Wildman–Crippen LogP) is 3.35. The van der Waals surface area contributed by atoms with E-state index in [4.69, 9.17) is 4.74 Å². The van der Waals surface area contributed by atoms with Crippen molar-refractivity contribution in [2.75, 3.05) is 10.6 Å². The molecule has 0 aliphatic carbocycles. The number of anilines is 2. The number of hydrogen-bond donors (Lipinski definition) is 2. The number of amides is 2. The van der Waals surface area contributed by atoms with Crippen LogP contribution in [0.3, 0.4) is 0 Å². The average Bonchev–Trinajstić information content (AvgIpc) is 2.62. The molecule has 8 heteroatoms. The number of carbonyl (C=O) groups excluding carboxylic acids is 2. The van der Waals surface area contributed by atoms with E-state index in [-0.39, 0.29) is 17.3 Å². The minimum Gasteiger partial charge on any atom is -0.474 e. The molecular weight excluding hydrogens is 338 g/mol. The Balaban J connectivity index is 2.05. The van der Waals surface area contributed by atoms with Crippen molar-refractivity contribution >= 4 is 28.9 Å². The number of nitrogens with one attached hydrogen (secondary N) is 2. The molecule has 136 valence electrons. The molecule has 0 bridgehead atoms. The molecule has 0 saturated carbocycles. The van der Waals surface area contributed by atoms with Gasteiger partial charge in [-0.15, -0.1) is 0 Å². The SMILES string of the molecule is CCC(=O)Nc1cccc(NC(=O)C(C)Oc2ccccc2[N+](=O)[O-])c1. The lowest BCUT2D eigenvalue weighted by Crippen LogP contribution is -2.30. The fraction of sp³-hybridized carbons (Fsp3) is 0.222. The first-order valence-corrected chi connectivity index (χ1v) is 8.01. The number of nitro benzene ring substituents is 1. The van der Waals surface area contributed by atoms with E-state index in [1.54, 1.807) is 37.3 Å². The molecule has 2 rings (SSSR count). The largest absolute Gasteiger partial charge is 0.474 e. The van der Waals surface area contributed by atoms with E-state index in [1.807, 2.05) is 0 Å². The van der Waals surface area contributed by atoms with Gasteiger partial charge in [-0.05, 0) is 31.2 Å². The quantitative estimate of drug-likeness (QED) is 0.583. The highest BCUT2D eigenvalue weighted by Gasteiger charge is 2.20. The van der Waals surface area contributed by atoms with Crippen LogP contribution in [0.4, 0.5) is 17.1 Å². The fourth-order valence-electron chi connectivity index (χ4n) is 2.12. The standard InChI is InChI=1S/C18H19N3O5/c1-3-17(22)19-13-7-6-8-14(11-13)20-18(23)12(2)26-16-10-5-4-9-15(16)21(24)25/h4-12H,3H2,1-2H3,(H,19,22)(H,20,23). The van der Waals surface area contributed by atoms with Crippen molar-refractivity contribution in [1.82, 2.24) is 0 Å². The number of benzene rings is 2. The van der Waals surface area contributed by atoms with E-state index in [0.29, 0.717) is 17.8 Å². The molecule has 0 saturated heterocycles. The zero-order valence-corrected chi connectivity index (χ0v) is 14.4. The molecule has 2 N–H and O–H groups in total. The maximum Gasteiger partial charge on any atom is 0.310 e. The maximum absolute atomic E-state index is 12.3. The summed E-state index contributed by atoms with van der Waals surface area (Å²) < 4.78 is 5.43. The molecule has 0 aromatic heterocycles. The highest BCUT2D eigenvalue weighted by Crippen LogP contribution is 2.27. The van der Waals surface area contributed by atoms with Gasteiger partial charge >= 0.3 is 5.69 Å². The second-order valence-electron chi connectivity index (χ2n) is 5.46. The summed E-state index contributed by atoms with van der Waals surface area (Å²) in [5.74, 6) is -0.590. The van der Waals surface area contributed by atoms with E-state index in [9.17, 15) is 19.7 Å². The smallest absolute Gasteiger partial charge is 0.310 e. The first-order chi connectivity index (χ1) is 12.4. The van der Waals surface area contributed by atoms with Gasteiger partial charge in [-0.2, -0.15) is 0 Å². The molecule has 1 unspecified atom stereocenters. The van der Waals surface area contributed by atoms with E-state index < -0.39 is 16.9 Å². The zero-order valence-electron chi connectivity index (χ0n) is 14.4. The van der Waals surface area contributed by atoms with Gasteiger partial charge in [0.05, 0.1) is 4.92 Å². The monoisotopic (exact) mass is 357 g/mol. The molecule has 0 spiro atoms. The van der Waals surface area contributed by atoms with Crippen molar-refractivity contribution in [3.63, 3.8) is 0 Å². The Morgan fingerprint density at radius 1 is 1.12 bits per heavy atom. The Hall–Kier alpha value is -3.42. The second-order valence-corrected chi connectivity index (χ2v) is 5.46. The Morgan fingerprint density at radius 3 is 2.42 bits per heavy atom. The molecule has 2 aromatic carbocycles. The summed E-state index contributed by atoms with van der Waals surface area (Å²) >= 11 is 0. The molecular formula is C18H19N3O5. The number of nitro groups is 1. The summed E-state index contributed by atoms with van der Waals surface area (Å²) in [7, 11) is 0. The van der Waals surface area contributed by atoms with Crippen LogP contribution in [-0.4, -0.2) is 22.8 Å². The van der Waals surface area contributed by atoms with Crippen LogP contribution in [0.1, 0.15) is 20.3 Å². The number of ether oxygens (including phenoxy) is 1. The molecule has 0 aliphatic rings. The Morgan fingerprint density at radius 2 is 1.77 bits per heavy atom. The van der Waals surface area contributed by atoms with Crippen molar-refractivity contribution in [1.29, 1.82) is 0 Å². The molecule has 0 heterocycles. The van der Waals surface area contributed by atoms with Gasteiger partial charge in [0.2, 0.25) is 5.91 Å². The topological polar surface area (TPSA) is 111 Å². The van der Waals surface area contributed by atoms with Gasteiger partial charge in [0, 0.05) is 23.9 Å². The van der Waals surface area contributed by atoms with Crippen LogP contribution in [0.25, 0.3) is 0 Å². The average molecular weight is 357 g/mol. The Labute approximate surface area is 150 Å². The fourth-order valence-corrected chi connectivity index (χ4v) is 2.12. The summed E-state index contributed by atoms with van der Waals surface area (Å²) in [5, 5.41) is 16.4. The van der Waals surface area contributed by atoms with Gasteiger partial charge in [-0.25, -0.2) is 0 Å². The van der Waals surface area contributed by atoms with E-state index in [0.717, 1.165) is 0 Å². The molecule has 26 heavy (non-hydrogen) atoms. The van der Waals surface area contributed by atoms with Crippen molar-refractivity contribution in [2.24, 2.45) is 0 Å². The number of para-hydroxylation sites is 2. The lowest BCUT2D eigenvalue weighted by atomic mass is 10.2. The van der Waals surface area contributed by atoms with Gasteiger partial charge < -0.3 is 15.4 Å². The molecule has 0 aliphatic heterocycles. The van der Waals surface area contributed by atoms with Gasteiger partial charge in [0.1, 0.15) is 0 Å². The molecule has 0 fully saturated rings. The first-order valence-electron chi connectivity index (χ1n) is 8.01. The van der Waals surface area contributed by atoms with Crippen LogP contribution < -0.4 is 15.4 Å². The highest BCUT2D eigenvalue weighted by molar-refractivity contribution is 5.96. The Bertz CT molecular complexity index is 822. The molecule has 0 radical (unpaired) electrons. The third kappa shape index (κ3) is 5.04. The highest BCUT2D eigenvalue weighted by atomic mass is 16.6. The van der Waals surface area contributed by atoms with Crippen molar-refractivity contribution in [3.05, 3.63) is 58.6 Å². The summed E-state index contributed by atoms with van der Waals surface area (Å²) in [4.78, 5) is 34.2. The third-order valence-corrected chi connectivity index (χ3v) is 3.47. The summed E-state index contributed by atoms with van der Waals surface area (Å²) in [5.41, 5.74) is 0.820. The van der Waals surface area contributed by atoms with Crippen LogP contribution in [0, 0.1) is 10.1 Å². The number of hydrogen-bond acceptors (Lipinski definition) is 5. The van der Waals surface area contributed by atoms with E-state index in [2.05, 4.69) is 10.6 Å². The van der Waals surface area contributed by atoms with Crippen molar-refractivity contribution in [2.45, 2.75) is 26.4 Å². The predicted molar refractivity (Wildman–Crippen MR) is 97.2 cm³/mol. The van der Waals surface area contributed by atoms with Crippen molar-refractivity contribution in [3.8, 4) is 5.75 Å². The minimum absolute atomic E-state index is 0.0177. The third-order valence-electron chi connectivity index (χ3n) is 3.47. The first kappa shape index (κ1) is 18.9. The van der Waals surface area contributed by atoms with E-state index >= 15 is 0 Å². The van der Waals surface area contributed by atoms with Crippen LogP contribution in [0.5, 0.6) is 5.75 Å².